The van der Waals surface area contributed by atoms with Crippen LogP contribution in [0.5, 0.6) is 0 Å². The highest BCUT2D eigenvalue weighted by Gasteiger charge is 2.61. The van der Waals surface area contributed by atoms with Crippen molar-refractivity contribution in [2.24, 2.45) is 0 Å². The van der Waals surface area contributed by atoms with Crippen molar-refractivity contribution < 1.29 is 27.8 Å². The highest BCUT2D eigenvalue weighted by Crippen LogP contribution is 2.48. The van der Waals surface area contributed by atoms with Crippen LogP contribution in [0.15, 0.2) is 0 Å². The molecule has 4 nitrogen and oxygen atoms in total. The summed E-state index contributed by atoms with van der Waals surface area (Å²) in [4.78, 5) is 13.5. The molecule has 0 radical (unpaired) electrons. The fourth-order valence-corrected chi connectivity index (χ4v) is 3.07. The molecule has 2 fully saturated rings. The molecular weight excluding hydrogens is 275 g/mol. The van der Waals surface area contributed by atoms with E-state index in [1.165, 1.54) is 4.90 Å². The number of carbonyl (C=O) groups excluding carboxylic acids is 1. The maximum atomic E-state index is 12.9. The van der Waals surface area contributed by atoms with Crippen LogP contribution in [0, 0.1) is 0 Å². The summed E-state index contributed by atoms with van der Waals surface area (Å²) in [6.07, 6.45) is -5.23. The van der Waals surface area contributed by atoms with Crippen molar-refractivity contribution in [3.8, 4) is 0 Å². The highest BCUT2D eigenvalue weighted by atomic mass is 19.4. The summed E-state index contributed by atoms with van der Waals surface area (Å²) in [6.45, 7) is 5.13. The summed E-state index contributed by atoms with van der Waals surface area (Å²) < 4.78 is 44.0. The summed E-state index contributed by atoms with van der Waals surface area (Å²) in [7, 11) is 0. The monoisotopic (exact) mass is 295 g/mol. The zero-order valence-corrected chi connectivity index (χ0v) is 11.8. The quantitative estimate of drug-likeness (QED) is 0.747. The van der Waals surface area contributed by atoms with Crippen molar-refractivity contribution in [1.82, 2.24) is 4.90 Å². The normalized spacial score (nSPS) is 34.2. The first-order valence-corrected chi connectivity index (χ1v) is 6.73. The number of amides is 1. The Labute approximate surface area is 115 Å². The smallest absolute Gasteiger partial charge is 0.417 e. The van der Waals surface area contributed by atoms with E-state index >= 15 is 0 Å². The lowest BCUT2D eigenvalue weighted by atomic mass is 9.85. The molecule has 2 atom stereocenters. The predicted octanol–water partition coefficient (Wildman–Crippen LogP) is 2.84. The summed E-state index contributed by atoms with van der Waals surface area (Å²) >= 11 is 0. The van der Waals surface area contributed by atoms with Crippen molar-refractivity contribution in [1.29, 1.82) is 0 Å². The third-order valence-electron chi connectivity index (χ3n) is 3.90. The van der Waals surface area contributed by atoms with Gasteiger partial charge in [-0.1, -0.05) is 0 Å². The molecular formula is C13H20F3NO3. The van der Waals surface area contributed by atoms with Gasteiger partial charge >= 0.3 is 12.3 Å². The first-order valence-electron chi connectivity index (χ1n) is 6.73. The van der Waals surface area contributed by atoms with Crippen molar-refractivity contribution in [3.63, 3.8) is 0 Å². The second-order valence-electron chi connectivity index (χ2n) is 6.71. The maximum absolute atomic E-state index is 12.9. The van der Waals surface area contributed by atoms with E-state index in [0.717, 1.165) is 0 Å². The number of aliphatic hydroxyl groups is 1. The summed E-state index contributed by atoms with van der Waals surface area (Å²) in [5, 5.41) is 9.82. The molecule has 2 aliphatic rings. The van der Waals surface area contributed by atoms with Crippen LogP contribution in [0.4, 0.5) is 18.0 Å². The fourth-order valence-electron chi connectivity index (χ4n) is 3.07. The van der Waals surface area contributed by atoms with Crippen LogP contribution in [0.1, 0.15) is 46.5 Å². The third kappa shape index (κ3) is 2.73. The van der Waals surface area contributed by atoms with E-state index in [9.17, 15) is 23.1 Å². The third-order valence-corrected chi connectivity index (χ3v) is 3.90. The summed E-state index contributed by atoms with van der Waals surface area (Å²) in [5.41, 5.74) is -3.37. The molecule has 2 unspecified atom stereocenters. The molecule has 1 N–H and O–H groups in total. The lowest BCUT2D eigenvalue weighted by molar-refractivity contribution is -0.277. The fraction of sp³-hybridized carbons (Fsp3) is 0.923. The van der Waals surface area contributed by atoms with E-state index in [4.69, 9.17) is 4.74 Å². The van der Waals surface area contributed by atoms with Gasteiger partial charge in [0.2, 0.25) is 0 Å². The molecule has 0 aromatic carbocycles. The molecule has 2 aliphatic heterocycles. The van der Waals surface area contributed by atoms with Crippen molar-refractivity contribution >= 4 is 6.09 Å². The number of alkyl halides is 3. The number of halogens is 3. The number of ether oxygens (including phenoxy) is 1. The van der Waals surface area contributed by atoms with Crippen LogP contribution in [-0.4, -0.2) is 45.6 Å². The minimum atomic E-state index is -4.66. The van der Waals surface area contributed by atoms with Gasteiger partial charge in [-0.25, -0.2) is 4.79 Å². The Hall–Kier alpha value is -0.980. The molecule has 0 aromatic rings. The molecule has 116 valence electrons. The molecule has 0 spiro atoms. The van der Waals surface area contributed by atoms with Gasteiger partial charge in [0.25, 0.3) is 0 Å². The Morgan fingerprint density at radius 3 is 2.00 bits per heavy atom. The zero-order valence-electron chi connectivity index (χ0n) is 11.8. The second kappa shape index (κ2) is 4.51. The lowest BCUT2D eigenvalue weighted by Crippen LogP contribution is -2.59. The van der Waals surface area contributed by atoms with Crippen LogP contribution in [0.2, 0.25) is 0 Å². The molecule has 0 aromatic heterocycles. The number of nitrogens with zero attached hydrogens (tertiary/aromatic N) is 1. The van der Waals surface area contributed by atoms with Gasteiger partial charge in [-0.05, 0) is 33.6 Å². The largest absolute Gasteiger partial charge is 0.444 e. The van der Waals surface area contributed by atoms with Crippen LogP contribution in [-0.2, 0) is 4.74 Å². The average molecular weight is 295 g/mol. The first-order chi connectivity index (χ1) is 8.93. The van der Waals surface area contributed by atoms with E-state index in [2.05, 4.69) is 0 Å². The summed E-state index contributed by atoms with van der Waals surface area (Å²) in [6, 6.07) is -1.20. The number of fused-ring (bicyclic) bond motifs is 2. The van der Waals surface area contributed by atoms with Gasteiger partial charge in [-0.15, -0.1) is 0 Å². The van der Waals surface area contributed by atoms with Gasteiger partial charge in [-0.3, -0.25) is 0 Å². The Balaban J connectivity index is 2.14. The summed E-state index contributed by atoms with van der Waals surface area (Å²) in [5.74, 6) is 0. The van der Waals surface area contributed by atoms with Gasteiger partial charge in [0.1, 0.15) is 5.60 Å². The second-order valence-corrected chi connectivity index (χ2v) is 6.71. The van der Waals surface area contributed by atoms with Crippen LogP contribution >= 0.6 is 0 Å². The molecule has 7 heteroatoms. The number of hydrogen-bond acceptors (Lipinski definition) is 3. The Morgan fingerprint density at radius 2 is 1.65 bits per heavy atom. The number of piperidine rings is 1. The number of carbonyl (C=O) groups is 1. The van der Waals surface area contributed by atoms with Crippen LogP contribution in [0.25, 0.3) is 0 Å². The van der Waals surface area contributed by atoms with Crippen LogP contribution < -0.4 is 0 Å². The minimum absolute atomic E-state index is 0.466. The van der Waals surface area contributed by atoms with E-state index < -0.39 is 48.4 Å². The lowest BCUT2D eigenvalue weighted by Gasteiger charge is -2.44. The maximum Gasteiger partial charge on any atom is 0.417 e. The Bertz CT molecular complexity index is 389. The van der Waals surface area contributed by atoms with Crippen molar-refractivity contribution in [2.75, 3.05) is 0 Å². The molecule has 2 saturated heterocycles. The SMILES string of the molecule is CC(C)(C)OC(=O)N1C2CCC1CC(O)(C(F)(F)F)C2. The van der Waals surface area contributed by atoms with Gasteiger partial charge in [0.05, 0.1) is 0 Å². The molecule has 0 saturated carbocycles. The molecule has 1 amide bonds. The van der Waals surface area contributed by atoms with Gasteiger partial charge in [0, 0.05) is 24.9 Å². The van der Waals surface area contributed by atoms with Crippen molar-refractivity contribution in [2.45, 2.75) is 75.9 Å². The standard InChI is InChI=1S/C13H20F3NO3/c1-11(2,3)20-10(18)17-8-4-5-9(17)7-12(19,6-8)13(14,15)16/h8-9,19H,4-7H2,1-3H3. The topological polar surface area (TPSA) is 49.8 Å². The number of rotatable bonds is 0. The van der Waals surface area contributed by atoms with Gasteiger partial charge in [-0.2, -0.15) is 13.2 Å². The Morgan fingerprint density at radius 1 is 1.20 bits per heavy atom. The van der Waals surface area contributed by atoms with Gasteiger partial charge < -0.3 is 14.7 Å². The van der Waals surface area contributed by atoms with E-state index in [1.54, 1.807) is 20.8 Å². The Kier molecular flexibility index (Phi) is 3.48. The molecule has 2 rings (SSSR count). The molecule has 2 heterocycles. The van der Waals surface area contributed by atoms with Crippen molar-refractivity contribution in [3.05, 3.63) is 0 Å². The van der Waals surface area contributed by atoms with E-state index in [0.29, 0.717) is 12.8 Å². The van der Waals surface area contributed by atoms with E-state index in [-0.39, 0.29) is 0 Å². The van der Waals surface area contributed by atoms with E-state index in [1.807, 2.05) is 0 Å². The highest BCUT2D eigenvalue weighted by molar-refractivity contribution is 5.69. The molecule has 20 heavy (non-hydrogen) atoms. The molecule has 2 bridgehead atoms. The number of hydrogen-bond donors (Lipinski definition) is 1. The predicted molar refractivity (Wildman–Crippen MR) is 65.1 cm³/mol. The van der Waals surface area contributed by atoms with Gasteiger partial charge in [0.15, 0.2) is 5.60 Å². The average Bonchev–Trinajstić information content (AvgIpc) is 2.48. The first kappa shape index (κ1) is 15.4. The molecule has 0 aliphatic carbocycles. The minimum Gasteiger partial charge on any atom is -0.444 e. The zero-order chi connectivity index (χ0) is 15.3. The van der Waals surface area contributed by atoms with Crippen LogP contribution in [0.3, 0.4) is 0 Å².